The zero-order valence-electron chi connectivity index (χ0n) is 23.4. The molecule has 3 rings (SSSR count). The lowest BCUT2D eigenvalue weighted by Crippen LogP contribution is -1.92. The number of allylic oxidation sites excluding steroid dienone is 7. The first kappa shape index (κ1) is 31.6. The van der Waals surface area contributed by atoms with Crippen molar-refractivity contribution in [2.75, 3.05) is 6.61 Å². The molecule has 1 aromatic heterocycles. The molecule has 0 aliphatic rings. The van der Waals surface area contributed by atoms with Crippen molar-refractivity contribution in [1.82, 2.24) is 9.55 Å². The number of carbonyl (C=O) groups excluding carboxylic acids is 1. The summed E-state index contributed by atoms with van der Waals surface area (Å²) in [4.78, 5) is 15.5. The highest BCUT2D eigenvalue weighted by Crippen LogP contribution is 2.30. The second-order valence-corrected chi connectivity index (χ2v) is 9.97. The summed E-state index contributed by atoms with van der Waals surface area (Å²) in [5, 5.41) is 1.06. The van der Waals surface area contributed by atoms with Gasteiger partial charge in [-0.25, -0.2) is 9.37 Å². The van der Waals surface area contributed by atoms with Gasteiger partial charge in [-0.1, -0.05) is 66.2 Å². The average molecular weight is 592 g/mol. The fraction of sp³-hybridized carbons (Fsp3) is 0.176. The summed E-state index contributed by atoms with van der Waals surface area (Å²) in [5.74, 6) is 0.833. The highest BCUT2D eigenvalue weighted by atomic mass is 35.5. The second kappa shape index (κ2) is 15.8. The molecule has 0 N–H and O–H groups in total. The second-order valence-electron chi connectivity index (χ2n) is 9.13. The SMILES string of the molecule is C=C(/C=C\C(=C/C)c1ccc(F)c(/C=C/c2nc(-c3ccc(Cl)cc3Cl)cn2C)c1)OCC/C=C\C/C(C=O)=C\C. The summed E-state index contributed by atoms with van der Waals surface area (Å²) in [6, 6.07) is 10.2. The van der Waals surface area contributed by atoms with E-state index >= 15 is 0 Å². The number of aryl methyl sites for hydroxylation is 1. The van der Waals surface area contributed by atoms with Crippen molar-refractivity contribution < 1.29 is 13.9 Å². The van der Waals surface area contributed by atoms with Crippen molar-refractivity contribution in [1.29, 1.82) is 0 Å². The molecule has 0 fully saturated rings. The molecule has 0 spiro atoms. The highest BCUT2D eigenvalue weighted by Gasteiger charge is 2.10. The van der Waals surface area contributed by atoms with Gasteiger partial charge >= 0.3 is 0 Å². The maximum Gasteiger partial charge on any atom is 0.146 e. The number of ether oxygens (including phenoxy) is 1. The van der Waals surface area contributed by atoms with E-state index in [1.807, 2.05) is 62.0 Å². The first-order valence-electron chi connectivity index (χ1n) is 13.1. The number of aldehydes is 1. The van der Waals surface area contributed by atoms with Gasteiger partial charge in [0.2, 0.25) is 0 Å². The van der Waals surface area contributed by atoms with Gasteiger partial charge in [0.05, 0.1) is 17.3 Å². The fourth-order valence-corrected chi connectivity index (χ4v) is 4.40. The zero-order chi connectivity index (χ0) is 29.8. The van der Waals surface area contributed by atoms with Gasteiger partial charge in [-0.3, -0.25) is 4.79 Å². The van der Waals surface area contributed by atoms with E-state index in [2.05, 4.69) is 11.6 Å². The Hall–Kier alpha value is -3.93. The Kier molecular flexibility index (Phi) is 12.1. The molecule has 0 aliphatic carbocycles. The molecule has 0 saturated carbocycles. The molecule has 7 heteroatoms. The predicted octanol–water partition coefficient (Wildman–Crippen LogP) is 9.67. The number of hydrogen-bond acceptors (Lipinski definition) is 3. The van der Waals surface area contributed by atoms with Crippen LogP contribution in [0.3, 0.4) is 0 Å². The largest absolute Gasteiger partial charge is 0.494 e. The normalized spacial score (nSPS) is 12.6. The molecule has 212 valence electrons. The van der Waals surface area contributed by atoms with Crippen LogP contribution >= 0.6 is 23.2 Å². The predicted molar refractivity (Wildman–Crippen MR) is 170 cm³/mol. The summed E-state index contributed by atoms with van der Waals surface area (Å²) in [6.07, 6.45) is 18.9. The number of hydrogen-bond donors (Lipinski definition) is 0. The lowest BCUT2D eigenvalue weighted by molar-refractivity contribution is -0.105. The van der Waals surface area contributed by atoms with Crippen molar-refractivity contribution in [3.8, 4) is 11.3 Å². The number of halogens is 3. The molecule has 3 aromatic rings. The Morgan fingerprint density at radius 3 is 2.59 bits per heavy atom. The van der Waals surface area contributed by atoms with Crippen molar-refractivity contribution in [3.63, 3.8) is 0 Å². The van der Waals surface area contributed by atoms with Crippen LogP contribution in [0.2, 0.25) is 10.0 Å². The zero-order valence-corrected chi connectivity index (χ0v) is 24.9. The van der Waals surface area contributed by atoms with Gasteiger partial charge < -0.3 is 9.30 Å². The van der Waals surface area contributed by atoms with E-state index < -0.39 is 0 Å². The lowest BCUT2D eigenvalue weighted by Gasteiger charge is -2.07. The average Bonchev–Trinajstić information content (AvgIpc) is 3.32. The molecule has 41 heavy (non-hydrogen) atoms. The minimum absolute atomic E-state index is 0.338. The van der Waals surface area contributed by atoms with Gasteiger partial charge in [-0.05, 0) is 92.0 Å². The van der Waals surface area contributed by atoms with E-state index in [0.29, 0.717) is 52.3 Å². The topological polar surface area (TPSA) is 44.1 Å². The summed E-state index contributed by atoms with van der Waals surface area (Å²) in [7, 11) is 1.87. The third kappa shape index (κ3) is 9.31. The van der Waals surface area contributed by atoms with Crippen LogP contribution in [0.5, 0.6) is 0 Å². The maximum atomic E-state index is 14.7. The van der Waals surface area contributed by atoms with Crippen LogP contribution in [0, 0.1) is 5.82 Å². The molecule has 1 heterocycles. The summed E-state index contributed by atoms with van der Waals surface area (Å²) in [6.45, 7) is 8.19. The summed E-state index contributed by atoms with van der Waals surface area (Å²) in [5.41, 5.74) is 4.39. The number of nitrogens with zero attached hydrogens (tertiary/aromatic N) is 2. The number of imidazole rings is 1. The maximum absolute atomic E-state index is 14.7. The minimum atomic E-state index is -0.338. The van der Waals surface area contributed by atoms with Gasteiger partial charge in [0, 0.05) is 29.4 Å². The lowest BCUT2D eigenvalue weighted by atomic mass is 10.0. The summed E-state index contributed by atoms with van der Waals surface area (Å²) < 4.78 is 22.3. The third-order valence-electron chi connectivity index (χ3n) is 6.23. The molecule has 0 aliphatic heterocycles. The van der Waals surface area contributed by atoms with Crippen LogP contribution in [0.25, 0.3) is 29.0 Å². The van der Waals surface area contributed by atoms with E-state index in [0.717, 1.165) is 28.6 Å². The molecule has 0 bridgehead atoms. The van der Waals surface area contributed by atoms with Crippen LogP contribution in [0.15, 0.2) is 97.0 Å². The molecule has 0 saturated heterocycles. The van der Waals surface area contributed by atoms with Crippen LogP contribution in [0.4, 0.5) is 4.39 Å². The molecular formula is C34H33Cl2FN2O2. The van der Waals surface area contributed by atoms with E-state index in [9.17, 15) is 9.18 Å². The van der Waals surface area contributed by atoms with Gasteiger partial charge in [0.1, 0.15) is 23.7 Å². The van der Waals surface area contributed by atoms with Crippen molar-refractivity contribution in [2.24, 2.45) is 7.05 Å². The van der Waals surface area contributed by atoms with Gasteiger partial charge in [0.25, 0.3) is 0 Å². The fourth-order valence-electron chi connectivity index (χ4n) is 3.90. The Morgan fingerprint density at radius 1 is 1.07 bits per heavy atom. The van der Waals surface area contributed by atoms with Gasteiger partial charge in [0.15, 0.2) is 0 Å². The first-order valence-corrected chi connectivity index (χ1v) is 13.9. The minimum Gasteiger partial charge on any atom is -0.494 e. The molecule has 0 unspecified atom stereocenters. The Labute approximate surface area is 251 Å². The first-order chi connectivity index (χ1) is 19.7. The van der Waals surface area contributed by atoms with E-state index in [4.69, 9.17) is 27.9 Å². The van der Waals surface area contributed by atoms with Gasteiger partial charge in [-0.2, -0.15) is 0 Å². The number of carbonyl (C=O) groups is 1. The quantitative estimate of drug-likeness (QED) is 0.0497. The Bertz CT molecular complexity index is 1540. The molecule has 0 radical (unpaired) electrons. The highest BCUT2D eigenvalue weighted by molar-refractivity contribution is 6.36. The van der Waals surface area contributed by atoms with Crippen molar-refractivity contribution in [2.45, 2.75) is 26.7 Å². The monoisotopic (exact) mass is 590 g/mol. The Morgan fingerprint density at radius 2 is 1.88 bits per heavy atom. The van der Waals surface area contributed by atoms with Crippen LogP contribution in [-0.2, 0) is 16.6 Å². The van der Waals surface area contributed by atoms with Crippen molar-refractivity contribution in [3.05, 3.63) is 130 Å². The molecule has 0 atom stereocenters. The van der Waals surface area contributed by atoms with Gasteiger partial charge in [-0.15, -0.1) is 0 Å². The van der Waals surface area contributed by atoms with E-state index in [-0.39, 0.29) is 5.82 Å². The number of benzene rings is 2. The molecule has 4 nitrogen and oxygen atoms in total. The molecule has 0 amide bonds. The third-order valence-corrected chi connectivity index (χ3v) is 6.78. The molecular weight excluding hydrogens is 558 g/mol. The van der Waals surface area contributed by atoms with E-state index in [1.54, 1.807) is 48.6 Å². The number of rotatable bonds is 13. The number of aromatic nitrogens is 2. The van der Waals surface area contributed by atoms with Crippen LogP contribution in [-0.4, -0.2) is 22.4 Å². The summed E-state index contributed by atoms with van der Waals surface area (Å²) >= 11 is 12.4. The van der Waals surface area contributed by atoms with Crippen molar-refractivity contribution >= 4 is 47.2 Å². The Balaban J connectivity index is 1.66. The van der Waals surface area contributed by atoms with Crippen LogP contribution < -0.4 is 0 Å². The molecule has 2 aromatic carbocycles. The smallest absolute Gasteiger partial charge is 0.146 e. The van der Waals surface area contributed by atoms with E-state index in [1.165, 1.54) is 6.07 Å². The van der Waals surface area contributed by atoms with Crippen LogP contribution in [0.1, 0.15) is 43.6 Å². The standard InChI is InChI=1S/C34H33Cl2FN2O2/c1-5-25(23-40)10-8-7-9-19-41-24(3)11-12-26(6-2)27-13-17-32(37)28(20-27)14-18-34-38-33(22-39(34)4)30-16-15-29(35)21-31(30)36/h5-8,11-18,20-23H,3,9-10,19H2,1-2,4H3/b8-7-,12-11-,18-14+,25-5+,26-6+.